The summed E-state index contributed by atoms with van der Waals surface area (Å²) in [5.41, 5.74) is 3.68. The monoisotopic (exact) mass is 283 g/mol. The molecule has 1 atom stereocenters. The normalized spacial score (nSPS) is 18.4. The molecule has 1 heterocycles. The van der Waals surface area contributed by atoms with E-state index in [0.717, 1.165) is 5.56 Å². The van der Waals surface area contributed by atoms with Crippen molar-refractivity contribution in [3.05, 3.63) is 29.3 Å². The molecule has 0 bridgehead atoms. The van der Waals surface area contributed by atoms with Gasteiger partial charge in [0.2, 0.25) is 0 Å². The first-order valence-electron chi connectivity index (χ1n) is 4.83. The third-order valence-corrected chi connectivity index (χ3v) is 3.09. The van der Waals surface area contributed by atoms with E-state index in [9.17, 15) is 9.59 Å². The number of halogens is 1. The number of carbonyl (C=O) groups excluding carboxylic acids is 2. The zero-order chi connectivity index (χ0) is 11.7. The molecule has 0 saturated carbocycles. The van der Waals surface area contributed by atoms with Crippen molar-refractivity contribution in [1.82, 2.24) is 5.48 Å². The predicted octanol–water partition coefficient (Wildman–Crippen LogP) is 1.79. The van der Waals surface area contributed by atoms with Gasteiger partial charge in [-0.05, 0) is 13.0 Å². The minimum Gasteiger partial charge on any atom is -0.379 e. The highest BCUT2D eigenvalue weighted by Crippen LogP contribution is 2.30. The quantitative estimate of drug-likeness (QED) is 0.665. The van der Waals surface area contributed by atoms with Crippen molar-refractivity contribution >= 4 is 27.6 Å². The maximum absolute atomic E-state index is 11.5. The average molecular weight is 284 g/mol. The standard InChI is InChI=1S/C11H10BrNO3/c1-6-8-3-2-7(9(14)5-12)4-10(8)16-13-11(6)15/h2-4,6H,5H2,1H3,(H,13,15). The number of rotatable bonds is 2. The summed E-state index contributed by atoms with van der Waals surface area (Å²) in [5, 5.41) is 0.272. The van der Waals surface area contributed by atoms with Crippen LogP contribution in [0.3, 0.4) is 0 Å². The summed E-state index contributed by atoms with van der Waals surface area (Å²) in [5.74, 6) is 0.0961. The summed E-state index contributed by atoms with van der Waals surface area (Å²) in [4.78, 5) is 27.9. The minimum absolute atomic E-state index is 0.0176. The van der Waals surface area contributed by atoms with Crippen molar-refractivity contribution in [3.63, 3.8) is 0 Å². The smallest absolute Gasteiger partial charge is 0.259 e. The van der Waals surface area contributed by atoms with Crippen LogP contribution in [0.4, 0.5) is 0 Å². The van der Waals surface area contributed by atoms with Gasteiger partial charge in [-0.3, -0.25) is 9.59 Å². The number of nitrogens with one attached hydrogen (secondary N) is 1. The highest BCUT2D eigenvalue weighted by Gasteiger charge is 2.25. The van der Waals surface area contributed by atoms with Gasteiger partial charge >= 0.3 is 0 Å². The van der Waals surface area contributed by atoms with Crippen LogP contribution in [0.15, 0.2) is 18.2 Å². The number of hydroxylamine groups is 1. The van der Waals surface area contributed by atoms with Gasteiger partial charge in [0.25, 0.3) is 5.91 Å². The number of hydrogen-bond donors (Lipinski definition) is 1. The second kappa shape index (κ2) is 4.25. The molecule has 1 aliphatic rings. The van der Waals surface area contributed by atoms with Crippen LogP contribution in [-0.2, 0) is 4.79 Å². The molecule has 0 spiro atoms. The SMILES string of the molecule is CC1C(=O)NOc2cc(C(=O)CBr)ccc21. The Bertz CT molecular complexity index is 459. The first kappa shape index (κ1) is 11.1. The van der Waals surface area contributed by atoms with Crippen molar-refractivity contribution in [2.24, 2.45) is 0 Å². The molecule has 5 heteroatoms. The molecular formula is C11H10BrNO3. The van der Waals surface area contributed by atoms with Gasteiger partial charge in [-0.1, -0.05) is 28.1 Å². The maximum atomic E-state index is 11.5. The minimum atomic E-state index is -0.253. The summed E-state index contributed by atoms with van der Waals surface area (Å²) in [7, 11) is 0. The number of Topliss-reactive ketones (excluding diaryl/α,β-unsaturated/α-hetero) is 1. The van der Waals surface area contributed by atoms with Crippen LogP contribution >= 0.6 is 15.9 Å². The molecule has 1 amide bonds. The molecule has 0 aliphatic carbocycles. The highest BCUT2D eigenvalue weighted by molar-refractivity contribution is 9.09. The Morgan fingerprint density at radius 3 is 3.00 bits per heavy atom. The molecule has 1 aromatic carbocycles. The van der Waals surface area contributed by atoms with E-state index in [-0.39, 0.29) is 22.9 Å². The van der Waals surface area contributed by atoms with E-state index < -0.39 is 0 Å². The fourth-order valence-electron chi connectivity index (χ4n) is 1.57. The average Bonchev–Trinajstić information content (AvgIpc) is 2.32. The topological polar surface area (TPSA) is 55.4 Å². The van der Waals surface area contributed by atoms with Crippen LogP contribution in [0, 0.1) is 0 Å². The van der Waals surface area contributed by atoms with E-state index in [0.29, 0.717) is 11.3 Å². The zero-order valence-electron chi connectivity index (χ0n) is 8.62. The van der Waals surface area contributed by atoms with Gasteiger partial charge < -0.3 is 4.84 Å². The maximum Gasteiger partial charge on any atom is 0.259 e. The van der Waals surface area contributed by atoms with Crippen LogP contribution in [-0.4, -0.2) is 17.0 Å². The van der Waals surface area contributed by atoms with Gasteiger partial charge in [-0.15, -0.1) is 0 Å². The van der Waals surface area contributed by atoms with Crippen molar-refractivity contribution in [2.45, 2.75) is 12.8 Å². The summed E-state index contributed by atoms with van der Waals surface area (Å²) in [6.45, 7) is 1.79. The van der Waals surface area contributed by atoms with Crippen molar-refractivity contribution in [2.75, 3.05) is 5.33 Å². The Balaban J connectivity index is 2.41. The van der Waals surface area contributed by atoms with Crippen LogP contribution in [0.1, 0.15) is 28.8 Å². The molecule has 0 radical (unpaired) electrons. The molecule has 1 aromatic rings. The predicted molar refractivity (Wildman–Crippen MR) is 61.8 cm³/mol. The first-order chi connectivity index (χ1) is 7.63. The summed E-state index contributed by atoms with van der Waals surface area (Å²) < 4.78 is 0. The highest BCUT2D eigenvalue weighted by atomic mass is 79.9. The van der Waals surface area contributed by atoms with Crippen molar-refractivity contribution in [1.29, 1.82) is 0 Å². The number of hydrogen-bond acceptors (Lipinski definition) is 3. The molecule has 0 aromatic heterocycles. The number of ketones is 1. The molecule has 1 aliphatic heterocycles. The number of amides is 1. The second-order valence-corrected chi connectivity index (χ2v) is 4.16. The molecule has 1 unspecified atom stereocenters. The molecule has 4 nitrogen and oxygen atoms in total. The number of carbonyl (C=O) groups is 2. The summed E-state index contributed by atoms with van der Waals surface area (Å²) in [6, 6.07) is 5.12. The van der Waals surface area contributed by atoms with Crippen molar-refractivity contribution < 1.29 is 14.4 Å². The van der Waals surface area contributed by atoms with Crippen LogP contribution in [0.2, 0.25) is 0 Å². The number of alkyl halides is 1. The largest absolute Gasteiger partial charge is 0.379 e. The lowest BCUT2D eigenvalue weighted by Gasteiger charge is -2.22. The Hall–Kier alpha value is -1.36. The van der Waals surface area contributed by atoms with Gasteiger partial charge in [0.15, 0.2) is 11.5 Å². The van der Waals surface area contributed by atoms with Crippen LogP contribution in [0.25, 0.3) is 0 Å². The second-order valence-electron chi connectivity index (χ2n) is 3.60. The van der Waals surface area contributed by atoms with Gasteiger partial charge in [-0.25, -0.2) is 0 Å². The Labute approximate surface area is 101 Å². The third-order valence-electron chi connectivity index (χ3n) is 2.58. The molecule has 0 fully saturated rings. The molecule has 1 N–H and O–H groups in total. The van der Waals surface area contributed by atoms with E-state index in [1.54, 1.807) is 25.1 Å². The Kier molecular flexibility index (Phi) is 2.96. The van der Waals surface area contributed by atoms with E-state index in [4.69, 9.17) is 4.84 Å². The van der Waals surface area contributed by atoms with Gasteiger partial charge in [-0.2, -0.15) is 5.48 Å². The van der Waals surface area contributed by atoms with Gasteiger partial charge in [0, 0.05) is 11.1 Å². The number of benzene rings is 1. The van der Waals surface area contributed by atoms with Crippen LogP contribution < -0.4 is 10.3 Å². The summed E-state index contributed by atoms with van der Waals surface area (Å²) >= 11 is 3.11. The van der Waals surface area contributed by atoms with E-state index in [1.807, 2.05) is 0 Å². The Morgan fingerprint density at radius 1 is 1.56 bits per heavy atom. The summed E-state index contributed by atoms with van der Waals surface area (Å²) in [6.07, 6.45) is 0. The Morgan fingerprint density at radius 2 is 2.31 bits per heavy atom. The lowest BCUT2D eigenvalue weighted by atomic mass is 9.96. The van der Waals surface area contributed by atoms with Gasteiger partial charge in [0.05, 0.1) is 11.2 Å². The van der Waals surface area contributed by atoms with E-state index in [1.165, 1.54) is 0 Å². The van der Waals surface area contributed by atoms with Crippen molar-refractivity contribution in [3.8, 4) is 5.75 Å². The number of fused-ring (bicyclic) bond motifs is 1. The molecule has 84 valence electrons. The lowest BCUT2D eigenvalue weighted by Crippen LogP contribution is -2.35. The lowest BCUT2D eigenvalue weighted by molar-refractivity contribution is -0.130. The molecular weight excluding hydrogens is 274 g/mol. The third kappa shape index (κ3) is 1.82. The fraction of sp³-hybridized carbons (Fsp3) is 0.273. The fourth-order valence-corrected chi connectivity index (χ4v) is 1.89. The zero-order valence-corrected chi connectivity index (χ0v) is 10.2. The van der Waals surface area contributed by atoms with E-state index in [2.05, 4.69) is 21.4 Å². The molecule has 16 heavy (non-hydrogen) atoms. The molecule has 2 rings (SSSR count). The van der Waals surface area contributed by atoms with Crippen LogP contribution in [0.5, 0.6) is 5.75 Å². The van der Waals surface area contributed by atoms with Gasteiger partial charge in [0.1, 0.15) is 0 Å². The molecule has 0 saturated heterocycles. The first-order valence-corrected chi connectivity index (χ1v) is 5.95. The van der Waals surface area contributed by atoms with E-state index >= 15 is 0 Å².